The lowest BCUT2D eigenvalue weighted by Gasteiger charge is -2.17. The topological polar surface area (TPSA) is 88.1 Å². The normalized spacial score (nSPS) is 17.3. The van der Waals surface area contributed by atoms with Crippen molar-refractivity contribution in [3.63, 3.8) is 0 Å². The van der Waals surface area contributed by atoms with Crippen LogP contribution in [0, 0.1) is 0 Å². The van der Waals surface area contributed by atoms with Crippen LogP contribution >= 0.6 is 0 Å². The smallest absolute Gasteiger partial charge is 0.335 e. The molecule has 0 spiro atoms. The molecule has 0 aliphatic carbocycles. The van der Waals surface area contributed by atoms with E-state index >= 15 is 0 Å². The van der Waals surface area contributed by atoms with E-state index in [4.69, 9.17) is 14.6 Å². The molecule has 1 aliphatic rings. The number of carbonyl (C=O) groups excluding carboxylic acids is 1. The number of hydrogen-bond acceptors (Lipinski definition) is 4. The van der Waals surface area contributed by atoms with E-state index in [1.54, 1.807) is 24.1 Å². The first-order valence-electron chi connectivity index (χ1n) is 7.12. The number of carbonyl (C=O) groups is 2. The Balaban J connectivity index is 1.66. The highest BCUT2D eigenvalue weighted by Crippen LogP contribution is 2.12. The predicted octanol–water partition coefficient (Wildman–Crippen LogP) is 1.19. The molecule has 2 rings (SSSR count). The average molecular weight is 308 g/mol. The molecule has 0 saturated carbocycles. The Labute approximate surface area is 128 Å². The van der Waals surface area contributed by atoms with Crippen molar-refractivity contribution >= 4 is 12.0 Å². The summed E-state index contributed by atoms with van der Waals surface area (Å²) in [6.45, 7) is 2.01. The number of nitrogens with one attached hydrogen (secondary N) is 1. The molecule has 120 valence electrons. The van der Waals surface area contributed by atoms with Crippen molar-refractivity contribution in [2.45, 2.75) is 12.5 Å². The second-order valence-corrected chi connectivity index (χ2v) is 5.00. The van der Waals surface area contributed by atoms with Gasteiger partial charge in [-0.1, -0.05) is 0 Å². The lowest BCUT2D eigenvalue weighted by Crippen LogP contribution is -2.40. The van der Waals surface area contributed by atoms with Gasteiger partial charge in [0.15, 0.2) is 0 Å². The van der Waals surface area contributed by atoms with Gasteiger partial charge in [0.25, 0.3) is 0 Å². The minimum atomic E-state index is -0.973. The Hall–Kier alpha value is -2.28. The minimum Gasteiger partial charge on any atom is -0.492 e. The van der Waals surface area contributed by atoms with Crippen molar-refractivity contribution < 1.29 is 24.2 Å². The van der Waals surface area contributed by atoms with E-state index in [1.807, 2.05) is 0 Å². The molecule has 2 N–H and O–H groups in total. The number of methoxy groups -OCH3 is 1. The summed E-state index contributed by atoms with van der Waals surface area (Å²) in [6, 6.07) is 6.02. The predicted molar refractivity (Wildman–Crippen MR) is 79.3 cm³/mol. The monoisotopic (exact) mass is 308 g/mol. The van der Waals surface area contributed by atoms with E-state index in [9.17, 15) is 9.59 Å². The zero-order valence-electron chi connectivity index (χ0n) is 12.4. The van der Waals surface area contributed by atoms with Gasteiger partial charge in [-0.2, -0.15) is 0 Å². The molecular formula is C15H20N2O5. The summed E-state index contributed by atoms with van der Waals surface area (Å²) in [6.07, 6.45) is 0.978. The third-order valence-electron chi connectivity index (χ3n) is 3.51. The number of ether oxygens (including phenoxy) is 2. The van der Waals surface area contributed by atoms with Crippen LogP contribution in [0.4, 0.5) is 4.79 Å². The van der Waals surface area contributed by atoms with Gasteiger partial charge < -0.3 is 24.8 Å². The Morgan fingerprint density at radius 1 is 1.36 bits per heavy atom. The number of amides is 2. The first kappa shape index (κ1) is 16.1. The molecule has 1 saturated heterocycles. The fraction of sp³-hybridized carbons (Fsp3) is 0.467. The zero-order valence-corrected chi connectivity index (χ0v) is 12.4. The number of aromatic carboxylic acids is 1. The highest BCUT2D eigenvalue weighted by Gasteiger charge is 2.25. The number of likely N-dealkylation sites (tertiary alicyclic amines) is 1. The third-order valence-corrected chi connectivity index (χ3v) is 3.51. The second-order valence-electron chi connectivity index (χ2n) is 5.00. The van der Waals surface area contributed by atoms with Crippen LogP contribution in [0.1, 0.15) is 16.8 Å². The van der Waals surface area contributed by atoms with Gasteiger partial charge in [0.05, 0.1) is 18.2 Å². The maximum absolute atomic E-state index is 11.9. The molecule has 1 heterocycles. The molecule has 7 heteroatoms. The number of rotatable bonds is 6. The largest absolute Gasteiger partial charge is 0.492 e. The summed E-state index contributed by atoms with van der Waals surface area (Å²) in [5.74, 6) is -0.404. The molecule has 0 bridgehead atoms. The second kappa shape index (κ2) is 7.65. The Morgan fingerprint density at radius 3 is 2.68 bits per heavy atom. The van der Waals surface area contributed by atoms with Crippen LogP contribution in [0.15, 0.2) is 24.3 Å². The molecule has 1 fully saturated rings. The van der Waals surface area contributed by atoms with E-state index in [0.717, 1.165) is 6.42 Å². The van der Waals surface area contributed by atoms with Crippen LogP contribution in [0.25, 0.3) is 0 Å². The lowest BCUT2D eigenvalue weighted by molar-refractivity contribution is 0.0697. The molecule has 0 aromatic heterocycles. The highest BCUT2D eigenvalue weighted by atomic mass is 16.5. The van der Waals surface area contributed by atoms with Gasteiger partial charge in [0.1, 0.15) is 12.4 Å². The first-order chi connectivity index (χ1) is 10.6. The fourth-order valence-electron chi connectivity index (χ4n) is 2.24. The maximum Gasteiger partial charge on any atom is 0.335 e. The van der Waals surface area contributed by atoms with Gasteiger partial charge in [-0.3, -0.25) is 0 Å². The summed E-state index contributed by atoms with van der Waals surface area (Å²) in [4.78, 5) is 24.3. The number of nitrogens with zero attached hydrogens (tertiary/aromatic N) is 1. The summed E-state index contributed by atoms with van der Waals surface area (Å²) in [7, 11) is 1.65. The molecule has 1 atom stereocenters. The number of benzene rings is 1. The van der Waals surface area contributed by atoms with Gasteiger partial charge >= 0.3 is 12.0 Å². The van der Waals surface area contributed by atoms with Crippen molar-refractivity contribution in [1.29, 1.82) is 0 Å². The van der Waals surface area contributed by atoms with E-state index < -0.39 is 5.97 Å². The standard InChI is InChI=1S/C15H20N2O5/c1-21-13-6-8-17(10-13)15(20)16-7-9-22-12-4-2-11(3-5-12)14(18)19/h2-5,13H,6-10H2,1H3,(H,16,20)(H,18,19)/t13-/m0/s1. The molecule has 0 unspecified atom stereocenters. The lowest BCUT2D eigenvalue weighted by atomic mass is 10.2. The molecule has 1 aromatic carbocycles. The molecule has 1 aromatic rings. The van der Waals surface area contributed by atoms with E-state index in [1.165, 1.54) is 12.1 Å². The molecule has 7 nitrogen and oxygen atoms in total. The zero-order chi connectivity index (χ0) is 15.9. The van der Waals surface area contributed by atoms with Gasteiger partial charge in [-0.05, 0) is 30.7 Å². The molecular weight excluding hydrogens is 288 g/mol. The average Bonchev–Trinajstić information content (AvgIpc) is 3.01. The Bertz CT molecular complexity index is 517. The number of carboxylic acid groups (broad SMARTS) is 1. The third kappa shape index (κ3) is 4.36. The van der Waals surface area contributed by atoms with Crippen molar-refractivity contribution in [1.82, 2.24) is 10.2 Å². The summed E-state index contributed by atoms with van der Waals surface area (Å²) < 4.78 is 10.7. The van der Waals surface area contributed by atoms with Crippen molar-refractivity contribution in [2.24, 2.45) is 0 Å². The maximum atomic E-state index is 11.9. The summed E-state index contributed by atoms with van der Waals surface area (Å²) in [5.41, 5.74) is 0.211. The molecule has 2 amide bonds. The van der Waals surface area contributed by atoms with Gasteiger partial charge in [0.2, 0.25) is 0 Å². The van der Waals surface area contributed by atoms with Crippen LogP contribution in [0.5, 0.6) is 5.75 Å². The van der Waals surface area contributed by atoms with Crippen molar-refractivity contribution in [2.75, 3.05) is 33.4 Å². The summed E-state index contributed by atoms with van der Waals surface area (Å²) in [5, 5.41) is 11.6. The van der Waals surface area contributed by atoms with Crippen LogP contribution in [0.2, 0.25) is 0 Å². The number of carboxylic acids is 1. The van der Waals surface area contributed by atoms with Crippen LogP contribution in [0.3, 0.4) is 0 Å². The molecule has 22 heavy (non-hydrogen) atoms. The quantitative estimate of drug-likeness (QED) is 0.771. The first-order valence-corrected chi connectivity index (χ1v) is 7.12. The Kier molecular flexibility index (Phi) is 5.60. The highest BCUT2D eigenvalue weighted by molar-refractivity contribution is 5.87. The summed E-state index contributed by atoms with van der Waals surface area (Å²) >= 11 is 0. The fourth-order valence-corrected chi connectivity index (χ4v) is 2.24. The molecule has 1 aliphatic heterocycles. The van der Waals surface area contributed by atoms with Crippen molar-refractivity contribution in [3.8, 4) is 5.75 Å². The number of urea groups is 1. The minimum absolute atomic E-state index is 0.120. The number of hydrogen-bond donors (Lipinski definition) is 2. The van der Waals surface area contributed by atoms with Gasteiger partial charge in [-0.25, -0.2) is 9.59 Å². The van der Waals surface area contributed by atoms with Crippen molar-refractivity contribution in [3.05, 3.63) is 29.8 Å². The Morgan fingerprint density at radius 2 is 2.09 bits per heavy atom. The SMILES string of the molecule is CO[C@H]1CCN(C(=O)NCCOc2ccc(C(=O)O)cc2)C1. The van der Waals surface area contributed by atoms with Gasteiger partial charge in [-0.15, -0.1) is 0 Å². The van der Waals surface area contributed by atoms with Crippen LogP contribution in [-0.4, -0.2) is 61.5 Å². The van der Waals surface area contributed by atoms with Crippen LogP contribution in [-0.2, 0) is 4.74 Å². The van der Waals surface area contributed by atoms with E-state index in [0.29, 0.717) is 32.0 Å². The van der Waals surface area contributed by atoms with E-state index in [2.05, 4.69) is 5.32 Å². The van der Waals surface area contributed by atoms with E-state index in [-0.39, 0.29) is 17.7 Å². The van der Waals surface area contributed by atoms with Crippen LogP contribution < -0.4 is 10.1 Å². The molecule has 0 radical (unpaired) electrons. The van der Waals surface area contributed by atoms with Gasteiger partial charge in [0, 0.05) is 20.2 Å².